The van der Waals surface area contributed by atoms with Crippen LogP contribution >= 0.6 is 11.6 Å². The van der Waals surface area contributed by atoms with Gasteiger partial charge in [0.05, 0.1) is 11.1 Å². The molecule has 1 aromatic carbocycles. The van der Waals surface area contributed by atoms with E-state index < -0.39 is 5.91 Å². The summed E-state index contributed by atoms with van der Waals surface area (Å²) in [6.45, 7) is 0. The minimum Gasteiger partial charge on any atom is -0.384 e. The molecule has 1 heterocycles. The van der Waals surface area contributed by atoms with Crippen LogP contribution in [-0.2, 0) is 0 Å². The third kappa shape index (κ3) is 3.27. The number of hydrogen-bond acceptors (Lipinski definition) is 5. The number of nitrogen functional groups attached to an aromatic ring is 1. The number of carbonyl (C=O) groups excluding carboxylic acids is 1. The minimum absolute atomic E-state index is 0.109. The third-order valence-electron chi connectivity index (χ3n) is 2.59. The lowest BCUT2D eigenvalue weighted by Gasteiger charge is -2.07. The molecule has 1 amide bonds. The highest BCUT2D eigenvalue weighted by molar-refractivity contribution is 6.30. The van der Waals surface area contributed by atoms with Crippen molar-refractivity contribution in [1.29, 1.82) is 10.5 Å². The summed E-state index contributed by atoms with van der Waals surface area (Å²) < 4.78 is 0. The van der Waals surface area contributed by atoms with Crippen LogP contribution in [0.25, 0.3) is 0 Å². The third-order valence-corrected chi connectivity index (χ3v) is 2.79. The van der Waals surface area contributed by atoms with E-state index in [4.69, 9.17) is 27.9 Å². The molecular weight excluding hydrogens is 290 g/mol. The average Bonchev–Trinajstić information content (AvgIpc) is 2.46. The summed E-state index contributed by atoms with van der Waals surface area (Å²) in [4.78, 5) is 15.8. The number of aromatic nitrogens is 1. The number of anilines is 2. The van der Waals surface area contributed by atoms with Crippen LogP contribution in [0.4, 0.5) is 11.5 Å². The van der Waals surface area contributed by atoms with Gasteiger partial charge in [0, 0.05) is 11.3 Å². The predicted molar refractivity (Wildman–Crippen MR) is 77.5 cm³/mol. The fourth-order valence-corrected chi connectivity index (χ4v) is 1.88. The number of rotatable bonds is 2. The SMILES string of the molecule is N#Cc1ccc(NC(=O)c2cc(N)nc(Cl)c2)cc1C#N. The van der Waals surface area contributed by atoms with E-state index in [2.05, 4.69) is 10.3 Å². The van der Waals surface area contributed by atoms with E-state index in [1.54, 1.807) is 0 Å². The largest absolute Gasteiger partial charge is 0.384 e. The van der Waals surface area contributed by atoms with E-state index in [0.717, 1.165) is 0 Å². The van der Waals surface area contributed by atoms with Crippen molar-refractivity contribution in [3.05, 3.63) is 52.2 Å². The van der Waals surface area contributed by atoms with E-state index in [1.165, 1.54) is 30.3 Å². The monoisotopic (exact) mass is 297 g/mol. The van der Waals surface area contributed by atoms with E-state index in [1.807, 2.05) is 12.1 Å². The van der Waals surface area contributed by atoms with Crippen molar-refractivity contribution >= 4 is 29.0 Å². The molecule has 2 rings (SSSR count). The van der Waals surface area contributed by atoms with Crippen molar-refractivity contribution < 1.29 is 4.79 Å². The zero-order chi connectivity index (χ0) is 15.4. The summed E-state index contributed by atoms with van der Waals surface area (Å²) in [7, 11) is 0. The van der Waals surface area contributed by atoms with Gasteiger partial charge in [-0.15, -0.1) is 0 Å². The summed E-state index contributed by atoms with van der Waals surface area (Å²) >= 11 is 5.73. The van der Waals surface area contributed by atoms with Gasteiger partial charge in [-0.3, -0.25) is 4.79 Å². The van der Waals surface area contributed by atoms with Crippen LogP contribution in [-0.4, -0.2) is 10.9 Å². The molecule has 6 nitrogen and oxygen atoms in total. The van der Waals surface area contributed by atoms with Gasteiger partial charge in [0.1, 0.15) is 23.1 Å². The number of carbonyl (C=O) groups is 1. The molecule has 7 heteroatoms. The quantitative estimate of drug-likeness (QED) is 0.825. The number of nitrogens with one attached hydrogen (secondary N) is 1. The van der Waals surface area contributed by atoms with Gasteiger partial charge in [0.15, 0.2) is 0 Å². The van der Waals surface area contributed by atoms with Crippen LogP contribution in [0.2, 0.25) is 5.15 Å². The van der Waals surface area contributed by atoms with Crippen LogP contribution < -0.4 is 11.1 Å². The van der Waals surface area contributed by atoms with Gasteiger partial charge in [-0.2, -0.15) is 10.5 Å². The maximum absolute atomic E-state index is 12.1. The van der Waals surface area contributed by atoms with E-state index in [-0.39, 0.29) is 27.7 Å². The van der Waals surface area contributed by atoms with Gasteiger partial charge >= 0.3 is 0 Å². The normalized spacial score (nSPS) is 9.48. The molecule has 0 bridgehead atoms. The van der Waals surface area contributed by atoms with Crippen LogP contribution in [0.15, 0.2) is 30.3 Å². The summed E-state index contributed by atoms with van der Waals surface area (Å²) in [5.74, 6) is -0.315. The van der Waals surface area contributed by atoms with Crippen molar-refractivity contribution in [3.8, 4) is 12.1 Å². The molecule has 0 unspecified atom stereocenters. The Hall–Kier alpha value is -3.09. The molecule has 0 atom stereocenters. The van der Waals surface area contributed by atoms with E-state index in [9.17, 15) is 4.79 Å². The number of nitrogens with zero attached hydrogens (tertiary/aromatic N) is 3. The molecule has 0 aliphatic heterocycles. The maximum atomic E-state index is 12.1. The molecule has 0 fully saturated rings. The molecule has 0 saturated carbocycles. The number of nitriles is 2. The van der Waals surface area contributed by atoms with E-state index >= 15 is 0 Å². The van der Waals surface area contributed by atoms with Crippen molar-refractivity contribution in [2.24, 2.45) is 0 Å². The molecule has 0 saturated heterocycles. The molecule has 0 radical (unpaired) electrons. The summed E-state index contributed by atoms with van der Waals surface area (Å²) in [5, 5.41) is 20.5. The smallest absolute Gasteiger partial charge is 0.255 e. The van der Waals surface area contributed by atoms with Crippen molar-refractivity contribution in [2.75, 3.05) is 11.1 Å². The van der Waals surface area contributed by atoms with Gasteiger partial charge in [-0.25, -0.2) is 4.98 Å². The standard InChI is InChI=1S/C14H8ClN5O/c15-12-4-9(5-13(18)20-12)14(21)19-11-2-1-8(6-16)10(3-11)7-17/h1-5H,(H2,18,20)(H,19,21). The Labute approximate surface area is 125 Å². The van der Waals surface area contributed by atoms with Gasteiger partial charge in [-0.1, -0.05) is 11.6 Å². The Morgan fingerprint density at radius 3 is 2.52 bits per heavy atom. The summed E-state index contributed by atoms with van der Waals surface area (Å²) in [6, 6.07) is 11.0. The Morgan fingerprint density at radius 2 is 1.90 bits per heavy atom. The van der Waals surface area contributed by atoms with Gasteiger partial charge in [0.25, 0.3) is 5.91 Å². The molecule has 0 spiro atoms. The maximum Gasteiger partial charge on any atom is 0.255 e. The summed E-state index contributed by atoms with van der Waals surface area (Å²) in [6.07, 6.45) is 0. The number of halogens is 1. The number of pyridine rings is 1. The van der Waals surface area contributed by atoms with Crippen LogP contribution in [0.1, 0.15) is 21.5 Å². The van der Waals surface area contributed by atoms with Crippen molar-refractivity contribution in [2.45, 2.75) is 0 Å². The molecule has 102 valence electrons. The molecule has 0 aliphatic rings. The first-order chi connectivity index (χ1) is 10.0. The molecule has 2 aromatic rings. The number of amides is 1. The fraction of sp³-hybridized carbons (Fsp3) is 0. The lowest BCUT2D eigenvalue weighted by molar-refractivity contribution is 0.102. The second-order valence-corrected chi connectivity index (χ2v) is 4.43. The fourth-order valence-electron chi connectivity index (χ4n) is 1.66. The molecule has 21 heavy (non-hydrogen) atoms. The Balaban J connectivity index is 2.28. The lowest BCUT2D eigenvalue weighted by atomic mass is 10.1. The molecule has 3 N–H and O–H groups in total. The first kappa shape index (κ1) is 14.3. The average molecular weight is 298 g/mol. The van der Waals surface area contributed by atoms with Crippen molar-refractivity contribution in [3.63, 3.8) is 0 Å². The van der Waals surface area contributed by atoms with Crippen LogP contribution in [0, 0.1) is 22.7 Å². The predicted octanol–water partition coefficient (Wildman–Crippen LogP) is 2.31. The molecule has 0 aliphatic carbocycles. The van der Waals surface area contributed by atoms with Crippen LogP contribution in [0.5, 0.6) is 0 Å². The number of nitrogens with two attached hydrogens (primary N) is 1. The van der Waals surface area contributed by atoms with Crippen LogP contribution in [0.3, 0.4) is 0 Å². The highest BCUT2D eigenvalue weighted by atomic mass is 35.5. The zero-order valence-corrected chi connectivity index (χ0v) is 11.3. The minimum atomic E-state index is -0.445. The zero-order valence-electron chi connectivity index (χ0n) is 10.6. The van der Waals surface area contributed by atoms with Gasteiger partial charge in [0.2, 0.25) is 0 Å². The number of benzene rings is 1. The van der Waals surface area contributed by atoms with E-state index in [0.29, 0.717) is 5.69 Å². The van der Waals surface area contributed by atoms with Gasteiger partial charge < -0.3 is 11.1 Å². The first-order valence-electron chi connectivity index (χ1n) is 5.72. The van der Waals surface area contributed by atoms with Crippen molar-refractivity contribution in [1.82, 2.24) is 4.98 Å². The second-order valence-electron chi connectivity index (χ2n) is 4.04. The highest BCUT2D eigenvalue weighted by Gasteiger charge is 2.10. The Bertz CT molecular complexity index is 784. The molecule has 1 aromatic heterocycles. The topological polar surface area (TPSA) is 116 Å². The summed E-state index contributed by atoms with van der Waals surface area (Å²) in [5.41, 5.74) is 6.58. The first-order valence-corrected chi connectivity index (χ1v) is 6.10. The Kier molecular flexibility index (Phi) is 4.03. The number of hydrogen-bond donors (Lipinski definition) is 2. The highest BCUT2D eigenvalue weighted by Crippen LogP contribution is 2.17. The Morgan fingerprint density at radius 1 is 1.19 bits per heavy atom. The lowest BCUT2D eigenvalue weighted by Crippen LogP contribution is -2.13. The molecular formula is C14H8ClN5O. The van der Waals surface area contributed by atoms with Gasteiger partial charge in [-0.05, 0) is 30.3 Å². The second kappa shape index (κ2) is 5.91.